The van der Waals surface area contributed by atoms with Gasteiger partial charge in [-0.15, -0.1) is 0 Å². The van der Waals surface area contributed by atoms with Gasteiger partial charge in [0.15, 0.2) is 0 Å². The highest BCUT2D eigenvalue weighted by atomic mass is 19.1. The molecule has 2 aromatic rings. The summed E-state index contributed by atoms with van der Waals surface area (Å²) in [5, 5.41) is 3.08. The molecule has 0 spiro atoms. The quantitative estimate of drug-likeness (QED) is 0.861. The van der Waals surface area contributed by atoms with Crippen molar-refractivity contribution < 1.29 is 13.9 Å². The lowest BCUT2D eigenvalue weighted by Gasteiger charge is -2.49. The number of anilines is 2. The van der Waals surface area contributed by atoms with Crippen LogP contribution in [-0.4, -0.2) is 44.7 Å². The van der Waals surface area contributed by atoms with Crippen LogP contribution in [-0.2, 0) is 11.2 Å². The Morgan fingerprint density at radius 3 is 2.69 bits per heavy atom. The van der Waals surface area contributed by atoms with Crippen molar-refractivity contribution in [2.24, 2.45) is 5.92 Å². The van der Waals surface area contributed by atoms with E-state index in [0.717, 1.165) is 23.5 Å². The van der Waals surface area contributed by atoms with Crippen molar-refractivity contribution in [3.63, 3.8) is 0 Å². The number of nitrogens with zero attached hydrogens (tertiary/aromatic N) is 2. The molecule has 6 heteroatoms. The molecule has 2 unspecified atom stereocenters. The number of piperazine rings is 1. The Labute approximate surface area is 171 Å². The minimum Gasteiger partial charge on any atom is -0.497 e. The highest BCUT2D eigenvalue weighted by Gasteiger charge is 2.42. The van der Waals surface area contributed by atoms with Crippen LogP contribution in [0.15, 0.2) is 42.5 Å². The molecule has 5 nitrogen and oxygen atoms in total. The number of carbonyl (C=O) groups is 1. The van der Waals surface area contributed by atoms with Gasteiger partial charge in [-0.25, -0.2) is 4.39 Å². The van der Waals surface area contributed by atoms with Gasteiger partial charge in [0.25, 0.3) is 0 Å². The van der Waals surface area contributed by atoms with Crippen LogP contribution in [0.2, 0.25) is 0 Å². The van der Waals surface area contributed by atoms with Gasteiger partial charge >= 0.3 is 0 Å². The first-order valence-corrected chi connectivity index (χ1v) is 10.2. The molecule has 2 atom stereocenters. The number of amides is 1. The molecule has 4 rings (SSSR count). The summed E-state index contributed by atoms with van der Waals surface area (Å²) in [5.41, 5.74) is 2.88. The third-order valence-corrected chi connectivity index (χ3v) is 5.89. The summed E-state index contributed by atoms with van der Waals surface area (Å²) in [6.45, 7) is 5.98. The van der Waals surface area contributed by atoms with Crippen LogP contribution in [0, 0.1) is 11.7 Å². The number of methoxy groups -OCH3 is 1. The molecule has 29 heavy (non-hydrogen) atoms. The zero-order chi connectivity index (χ0) is 20.5. The molecule has 2 aliphatic heterocycles. The standard InChI is InChI=1S/C23H28FN3O2/c1-15(2)25-23(28)18-12-16-8-9-17(29-3)13-21(16)27-11-10-26(14-22(18)27)20-7-5-4-6-19(20)24/h4-9,13,15,18,22H,10-12,14H2,1-3H3,(H,25,28). The van der Waals surface area contributed by atoms with E-state index in [0.29, 0.717) is 25.2 Å². The van der Waals surface area contributed by atoms with Crippen LogP contribution < -0.4 is 19.9 Å². The second-order valence-corrected chi connectivity index (χ2v) is 8.13. The van der Waals surface area contributed by atoms with Gasteiger partial charge in [0, 0.05) is 37.4 Å². The van der Waals surface area contributed by atoms with E-state index < -0.39 is 0 Å². The van der Waals surface area contributed by atoms with E-state index in [1.807, 2.05) is 32.0 Å². The molecule has 0 saturated carbocycles. The lowest BCUT2D eigenvalue weighted by atomic mass is 9.83. The molecule has 1 N–H and O–H groups in total. The fourth-order valence-electron chi connectivity index (χ4n) is 4.52. The highest BCUT2D eigenvalue weighted by Crippen LogP contribution is 2.39. The Balaban J connectivity index is 1.69. The molecule has 2 heterocycles. The van der Waals surface area contributed by atoms with Crippen LogP contribution in [0.1, 0.15) is 19.4 Å². The molecule has 0 aromatic heterocycles. The molecular weight excluding hydrogens is 369 g/mol. The smallest absolute Gasteiger partial charge is 0.225 e. The van der Waals surface area contributed by atoms with Gasteiger partial charge in [-0.3, -0.25) is 4.79 Å². The maximum atomic E-state index is 14.4. The van der Waals surface area contributed by atoms with Crippen molar-refractivity contribution in [3.8, 4) is 5.75 Å². The Kier molecular flexibility index (Phi) is 5.35. The highest BCUT2D eigenvalue weighted by molar-refractivity contribution is 5.82. The maximum Gasteiger partial charge on any atom is 0.225 e. The second-order valence-electron chi connectivity index (χ2n) is 8.13. The molecular formula is C23H28FN3O2. The van der Waals surface area contributed by atoms with Gasteiger partial charge in [-0.05, 0) is 44.0 Å². The fraction of sp³-hybridized carbons (Fsp3) is 0.435. The van der Waals surface area contributed by atoms with Crippen molar-refractivity contribution >= 4 is 17.3 Å². The number of nitrogens with one attached hydrogen (secondary N) is 1. The number of ether oxygens (including phenoxy) is 1. The molecule has 154 valence electrons. The molecule has 1 fully saturated rings. The van der Waals surface area contributed by atoms with E-state index in [2.05, 4.69) is 27.2 Å². The second kappa shape index (κ2) is 7.93. The van der Waals surface area contributed by atoms with Crippen molar-refractivity contribution in [2.45, 2.75) is 32.4 Å². The monoisotopic (exact) mass is 397 g/mol. The average Bonchev–Trinajstić information content (AvgIpc) is 2.72. The molecule has 1 saturated heterocycles. The van der Waals surface area contributed by atoms with Gasteiger partial charge < -0.3 is 19.9 Å². The van der Waals surface area contributed by atoms with Gasteiger partial charge in [-0.1, -0.05) is 18.2 Å². The van der Waals surface area contributed by atoms with E-state index in [-0.39, 0.29) is 29.7 Å². The van der Waals surface area contributed by atoms with Crippen LogP contribution in [0.3, 0.4) is 0 Å². The number of hydrogen-bond donors (Lipinski definition) is 1. The normalized spacial score (nSPS) is 20.9. The largest absolute Gasteiger partial charge is 0.497 e. The number of carbonyl (C=O) groups excluding carboxylic acids is 1. The molecule has 0 aliphatic carbocycles. The van der Waals surface area contributed by atoms with E-state index in [9.17, 15) is 9.18 Å². The van der Waals surface area contributed by atoms with E-state index in [4.69, 9.17) is 4.74 Å². The van der Waals surface area contributed by atoms with Crippen molar-refractivity contribution in [3.05, 3.63) is 53.8 Å². The first-order valence-electron chi connectivity index (χ1n) is 10.2. The molecule has 0 radical (unpaired) electrons. The van der Waals surface area contributed by atoms with Crippen LogP contribution in [0.4, 0.5) is 15.8 Å². The lowest BCUT2D eigenvalue weighted by molar-refractivity contribution is -0.126. The molecule has 0 bridgehead atoms. The lowest BCUT2D eigenvalue weighted by Crippen LogP contribution is -2.61. The summed E-state index contributed by atoms with van der Waals surface area (Å²) in [4.78, 5) is 17.4. The summed E-state index contributed by atoms with van der Waals surface area (Å²) in [7, 11) is 1.66. The van der Waals surface area contributed by atoms with Gasteiger partial charge in [-0.2, -0.15) is 0 Å². The maximum absolute atomic E-state index is 14.4. The Hall–Kier alpha value is -2.76. The predicted molar refractivity (Wildman–Crippen MR) is 113 cm³/mol. The summed E-state index contributed by atoms with van der Waals surface area (Å²) >= 11 is 0. The zero-order valence-electron chi connectivity index (χ0n) is 17.2. The SMILES string of the molecule is COc1ccc2c(c1)N1CCN(c3ccccc3F)CC1C(C(=O)NC(C)C)C2. The summed E-state index contributed by atoms with van der Waals surface area (Å²) < 4.78 is 19.8. The van der Waals surface area contributed by atoms with Crippen LogP contribution in [0.25, 0.3) is 0 Å². The summed E-state index contributed by atoms with van der Waals surface area (Å²) in [5.74, 6) is 0.464. The van der Waals surface area contributed by atoms with E-state index in [1.165, 1.54) is 6.07 Å². The zero-order valence-corrected chi connectivity index (χ0v) is 17.2. The topological polar surface area (TPSA) is 44.8 Å². The number of hydrogen-bond acceptors (Lipinski definition) is 4. The van der Waals surface area contributed by atoms with Gasteiger partial charge in [0.05, 0.1) is 24.8 Å². The minimum atomic E-state index is -0.220. The number of fused-ring (bicyclic) bond motifs is 3. The Morgan fingerprint density at radius 2 is 1.97 bits per heavy atom. The van der Waals surface area contributed by atoms with Crippen molar-refractivity contribution in [2.75, 3.05) is 36.5 Å². The van der Waals surface area contributed by atoms with Crippen LogP contribution in [0.5, 0.6) is 5.75 Å². The van der Waals surface area contributed by atoms with Crippen molar-refractivity contribution in [1.82, 2.24) is 5.32 Å². The molecule has 1 amide bonds. The fourth-order valence-corrected chi connectivity index (χ4v) is 4.52. The molecule has 2 aliphatic rings. The molecule has 2 aromatic carbocycles. The van der Waals surface area contributed by atoms with Gasteiger partial charge in [0.1, 0.15) is 11.6 Å². The first-order chi connectivity index (χ1) is 14.0. The summed E-state index contributed by atoms with van der Waals surface area (Å²) in [6, 6.07) is 13.0. The third-order valence-electron chi connectivity index (χ3n) is 5.89. The number of benzene rings is 2. The van der Waals surface area contributed by atoms with Crippen molar-refractivity contribution in [1.29, 1.82) is 0 Å². The van der Waals surface area contributed by atoms with E-state index in [1.54, 1.807) is 13.2 Å². The Morgan fingerprint density at radius 1 is 1.17 bits per heavy atom. The van der Waals surface area contributed by atoms with Gasteiger partial charge in [0.2, 0.25) is 5.91 Å². The summed E-state index contributed by atoms with van der Waals surface area (Å²) in [6.07, 6.45) is 0.671. The van der Waals surface area contributed by atoms with E-state index >= 15 is 0 Å². The van der Waals surface area contributed by atoms with Crippen LogP contribution >= 0.6 is 0 Å². The number of halogens is 1. The Bertz CT molecular complexity index is 901. The first kappa shape index (κ1) is 19.6. The number of rotatable bonds is 4. The average molecular weight is 397 g/mol. The minimum absolute atomic E-state index is 0.0262. The number of para-hydroxylation sites is 1. The third kappa shape index (κ3) is 3.76. The predicted octanol–water partition coefficient (Wildman–Crippen LogP) is 3.23.